The van der Waals surface area contributed by atoms with Gasteiger partial charge < -0.3 is 13.7 Å². The highest BCUT2D eigenvalue weighted by atomic mass is 32.2. The normalized spacial score (nSPS) is 21.9. The molecule has 146 valence electrons. The van der Waals surface area contributed by atoms with E-state index in [-0.39, 0.29) is 17.2 Å². The van der Waals surface area contributed by atoms with Gasteiger partial charge in [-0.15, -0.1) is 5.10 Å². The number of carbonyl (C=O) groups excluding carboxylic acids is 1. The van der Waals surface area contributed by atoms with Gasteiger partial charge in [-0.3, -0.25) is 9.69 Å². The fraction of sp³-hybridized carbons (Fsp3) is 0.421. The van der Waals surface area contributed by atoms with Crippen molar-refractivity contribution in [2.75, 3.05) is 32.7 Å². The Balaban J connectivity index is 1.42. The van der Waals surface area contributed by atoms with E-state index in [1.165, 1.54) is 16.4 Å². The molecule has 0 saturated carbocycles. The Kier molecular flexibility index (Phi) is 4.58. The number of rotatable bonds is 5. The van der Waals surface area contributed by atoms with Gasteiger partial charge >= 0.3 is 0 Å². The molecule has 0 spiro atoms. The first-order chi connectivity index (χ1) is 13.7. The predicted octanol–water partition coefficient (Wildman–Crippen LogP) is 2.62. The van der Waals surface area contributed by atoms with Crippen molar-refractivity contribution in [3.63, 3.8) is 0 Å². The Morgan fingerprint density at radius 2 is 1.96 bits per heavy atom. The second kappa shape index (κ2) is 7.23. The Morgan fingerprint density at radius 3 is 2.61 bits per heavy atom. The van der Waals surface area contributed by atoms with Crippen LogP contribution in [-0.2, 0) is 0 Å². The molecule has 9 heteroatoms. The monoisotopic (exact) mass is 399 g/mol. The predicted molar refractivity (Wildman–Crippen MR) is 103 cm³/mol. The smallest absolute Gasteiger partial charge is 0.265 e. The van der Waals surface area contributed by atoms with Crippen LogP contribution in [0.3, 0.4) is 0 Å². The molecule has 0 N–H and O–H groups in total. The number of furan rings is 2. The topological polar surface area (TPSA) is 80.5 Å². The number of piperazine rings is 1. The fourth-order valence-corrected chi connectivity index (χ4v) is 5.08. The highest BCUT2D eigenvalue weighted by Crippen LogP contribution is 2.42. The van der Waals surface area contributed by atoms with Gasteiger partial charge in [0.1, 0.15) is 11.0 Å². The van der Waals surface area contributed by atoms with Crippen molar-refractivity contribution in [1.29, 1.82) is 0 Å². The maximum Gasteiger partial charge on any atom is 0.265 e. The molecule has 0 aliphatic carbocycles. The minimum atomic E-state index is -0.333. The molecule has 28 heavy (non-hydrogen) atoms. The number of carbonyl (C=O) groups is 1. The van der Waals surface area contributed by atoms with Crippen molar-refractivity contribution in [2.24, 2.45) is 0 Å². The summed E-state index contributed by atoms with van der Waals surface area (Å²) in [5, 5.41) is 4.65. The van der Waals surface area contributed by atoms with Crippen molar-refractivity contribution in [2.45, 2.75) is 23.4 Å². The van der Waals surface area contributed by atoms with Crippen LogP contribution in [0.4, 0.5) is 0 Å². The molecular formula is C19H21N5O3S. The highest BCUT2D eigenvalue weighted by molar-refractivity contribution is 8.00. The van der Waals surface area contributed by atoms with Crippen LogP contribution in [0.25, 0.3) is 11.6 Å². The first-order valence-corrected chi connectivity index (χ1v) is 10.3. The van der Waals surface area contributed by atoms with Crippen LogP contribution in [-0.4, -0.2) is 68.4 Å². The number of aromatic nitrogens is 3. The van der Waals surface area contributed by atoms with Gasteiger partial charge in [0.15, 0.2) is 10.9 Å². The van der Waals surface area contributed by atoms with E-state index in [1.807, 2.05) is 12.1 Å². The van der Waals surface area contributed by atoms with E-state index in [2.05, 4.69) is 26.8 Å². The summed E-state index contributed by atoms with van der Waals surface area (Å²) in [5.41, 5.74) is 0. The minimum absolute atomic E-state index is 0.0652. The van der Waals surface area contributed by atoms with Crippen molar-refractivity contribution in [3.8, 4) is 11.6 Å². The summed E-state index contributed by atoms with van der Waals surface area (Å²) in [7, 11) is 0. The summed E-state index contributed by atoms with van der Waals surface area (Å²) in [6.45, 7) is 7.01. The third-order valence-corrected chi connectivity index (χ3v) is 6.56. The quantitative estimate of drug-likeness (QED) is 0.648. The second-order valence-electron chi connectivity index (χ2n) is 6.91. The number of likely N-dealkylation sites (N-methyl/N-ethyl adjacent to an activating group) is 1. The van der Waals surface area contributed by atoms with Gasteiger partial charge in [0.2, 0.25) is 5.82 Å². The SMILES string of the molecule is CCN1CCN(C(c2ccco2)C2Sc3nc(-c4ccco4)nn3C2=O)CC1. The zero-order valence-corrected chi connectivity index (χ0v) is 16.3. The maximum atomic E-state index is 13.2. The molecule has 0 aromatic carbocycles. The Bertz CT molecular complexity index is 945. The molecule has 3 aromatic rings. The Morgan fingerprint density at radius 1 is 1.18 bits per heavy atom. The number of thioether (sulfide) groups is 1. The average Bonchev–Trinajstić information content (AvgIpc) is 3.50. The minimum Gasteiger partial charge on any atom is -0.468 e. The summed E-state index contributed by atoms with van der Waals surface area (Å²) < 4.78 is 12.5. The zero-order chi connectivity index (χ0) is 19.1. The van der Waals surface area contributed by atoms with E-state index in [0.717, 1.165) is 38.5 Å². The van der Waals surface area contributed by atoms with E-state index in [1.54, 1.807) is 24.7 Å². The Labute approximate surface area is 166 Å². The van der Waals surface area contributed by atoms with Gasteiger partial charge in [0.05, 0.1) is 18.6 Å². The lowest BCUT2D eigenvalue weighted by molar-refractivity contribution is 0.0694. The number of fused-ring (bicyclic) bond motifs is 1. The van der Waals surface area contributed by atoms with Gasteiger partial charge in [0.25, 0.3) is 5.91 Å². The standard InChI is InChI=1S/C19H21N5O3S/c1-2-22-7-9-23(10-8-22)15(13-5-3-11-26-13)16-18(25)24-19(28-16)20-17(21-24)14-6-4-12-27-14/h3-6,11-12,15-16H,2,7-10H2,1H3. The molecule has 2 atom stereocenters. The van der Waals surface area contributed by atoms with Crippen molar-refractivity contribution >= 4 is 17.7 Å². The van der Waals surface area contributed by atoms with Crippen molar-refractivity contribution in [3.05, 3.63) is 42.6 Å². The highest BCUT2D eigenvalue weighted by Gasteiger charge is 2.45. The van der Waals surface area contributed by atoms with E-state index >= 15 is 0 Å². The first-order valence-electron chi connectivity index (χ1n) is 9.46. The van der Waals surface area contributed by atoms with Gasteiger partial charge in [-0.05, 0) is 30.8 Å². The molecule has 2 unspecified atom stereocenters. The zero-order valence-electron chi connectivity index (χ0n) is 15.5. The second-order valence-corrected chi connectivity index (χ2v) is 8.02. The van der Waals surface area contributed by atoms with Crippen LogP contribution in [0.15, 0.2) is 50.8 Å². The number of hydrogen-bond donors (Lipinski definition) is 0. The van der Waals surface area contributed by atoms with Crippen molar-refractivity contribution in [1.82, 2.24) is 24.6 Å². The third kappa shape index (κ3) is 2.99. The summed E-state index contributed by atoms with van der Waals surface area (Å²) in [4.78, 5) is 22.5. The fourth-order valence-electron chi connectivity index (χ4n) is 3.85. The van der Waals surface area contributed by atoms with Gasteiger partial charge in [-0.2, -0.15) is 9.67 Å². The van der Waals surface area contributed by atoms with Crippen LogP contribution in [0.2, 0.25) is 0 Å². The maximum absolute atomic E-state index is 13.2. The van der Waals surface area contributed by atoms with Gasteiger partial charge in [-0.1, -0.05) is 18.7 Å². The third-order valence-electron chi connectivity index (χ3n) is 5.37. The van der Waals surface area contributed by atoms with Gasteiger partial charge in [-0.25, -0.2) is 0 Å². The van der Waals surface area contributed by atoms with Crippen LogP contribution >= 0.6 is 11.8 Å². The molecule has 5 heterocycles. The summed E-state index contributed by atoms with van der Waals surface area (Å²) in [5.74, 6) is 1.74. The first kappa shape index (κ1) is 17.7. The van der Waals surface area contributed by atoms with Crippen LogP contribution < -0.4 is 0 Å². The molecule has 8 nitrogen and oxygen atoms in total. The molecule has 2 aliphatic heterocycles. The summed E-state index contributed by atoms with van der Waals surface area (Å²) in [6.07, 6.45) is 3.24. The molecule has 3 aromatic heterocycles. The van der Waals surface area contributed by atoms with Crippen LogP contribution in [0, 0.1) is 0 Å². The number of nitrogens with zero attached hydrogens (tertiary/aromatic N) is 5. The van der Waals surface area contributed by atoms with Gasteiger partial charge in [0, 0.05) is 26.2 Å². The molecule has 0 amide bonds. The lowest BCUT2D eigenvalue weighted by Crippen LogP contribution is -2.50. The number of hydrogen-bond acceptors (Lipinski definition) is 8. The van der Waals surface area contributed by atoms with Crippen molar-refractivity contribution < 1.29 is 13.6 Å². The average molecular weight is 399 g/mol. The molecule has 1 fully saturated rings. The molecule has 2 aliphatic rings. The van der Waals surface area contributed by atoms with Crippen LogP contribution in [0.5, 0.6) is 0 Å². The van der Waals surface area contributed by atoms with E-state index in [0.29, 0.717) is 16.7 Å². The molecule has 0 bridgehead atoms. The summed E-state index contributed by atoms with van der Waals surface area (Å²) in [6, 6.07) is 7.26. The largest absolute Gasteiger partial charge is 0.468 e. The van der Waals surface area contributed by atoms with E-state index in [4.69, 9.17) is 8.83 Å². The Hall–Kier alpha value is -2.36. The molecular weight excluding hydrogens is 378 g/mol. The molecule has 1 saturated heterocycles. The van der Waals surface area contributed by atoms with E-state index < -0.39 is 0 Å². The van der Waals surface area contributed by atoms with Crippen LogP contribution in [0.1, 0.15) is 23.5 Å². The van der Waals surface area contributed by atoms with E-state index in [9.17, 15) is 4.79 Å². The lowest BCUT2D eigenvalue weighted by atomic mass is 10.1. The summed E-state index contributed by atoms with van der Waals surface area (Å²) >= 11 is 1.45. The molecule has 5 rings (SSSR count). The lowest BCUT2D eigenvalue weighted by Gasteiger charge is -2.39. The molecule has 0 radical (unpaired) electrons.